The van der Waals surface area contributed by atoms with Crippen LogP contribution >= 0.6 is 0 Å². The molecule has 2 atom stereocenters. The lowest BCUT2D eigenvalue weighted by Crippen LogP contribution is -2.43. The molecule has 1 aromatic rings. The van der Waals surface area contributed by atoms with Gasteiger partial charge in [0.25, 0.3) is 0 Å². The Hall–Kier alpha value is -0.820. The first-order chi connectivity index (χ1) is 8.60. The molecular formula is C17H27N. The Morgan fingerprint density at radius 1 is 1.11 bits per heavy atom. The lowest BCUT2D eigenvalue weighted by molar-refractivity contribution is 0.286. The second-order valence-electron chi connectivity index (χ2n) is 6.40. The van der Waals surface area contributed by atoms with E-state index >= 15 is 0 Å². The maximum Gasteiger partial charge on any atom is 0.0187 e. The molecule has 0 saturated heterocycles. The van der Waals surface area contributed by atoms with Crippen LogP contribution in [-0.2, 0) is 5.41 Å². The third kappa shape index (κ3) is 2.61. The van der Waals surface area contributed by atoms with Crippen molar-refractivity contribution in [2.45, 2.75) is 51.5 Å². The Balaban J connectivity index is 2.17. The Morgan fingerprint density at radius 2 is 1.72 bits per heavy atom. The van der Waals surface area contributed by atoms with Gasteiger partial charge in [-0.05, 0) is 43.7 Å². The van der Waals surface area contributed by atoms with Gasteiger partial charge in [0, 0.05) is 11.5 Å². The van der Waals surface area contributed by atoms with Crippen molar-refractivity contribution in [3.05, 3.63) is 35.9 Å². The molecular weight excluding hydrogens is 218 g/mol. The van der Waals surface area contributed by atoms with Crippen molar-refractivity contribution in [3.63, 3.8) is 0 Å². The van der Waals surface area contributed by atoms with E-state index in [1.807, 2.05) is 0 Å². The molecule has 0 bridgehead atoms. The Labute approximate surface area is 112 Å². The highest BCUT2D eigenvalue weighted by molar-refractivity contribution is 5.34. The van der Waals surface area contributed by atoms with Crippen molar-refractivity contribution >= 4 is 0 Å². The topological polar surface area (TPSA) is 12.0 Å². The second kappa shape index (κ2) is 5.44. The van der Waals surface area contributed by atoms with Crippen molar-refractivity contribution in [2.75, 3.05) is 7.05 Å². The summed E-state index contributed by atoms with van der Waals surface area (Å²) >= 11 is 0. The van der Waals surface area contributed by atoms with Gasteiger partial charge >= 0.3 is 0 Å². The van der Waals surface area contributed by atoms with Crippen molar-refractivity contribution in [1.29, 1.82) is 0 Å². The average molecular weight is 245 g/mol. The standard InChI is InChI=1S/C17H27N/c1-13(2)12-14(3)16(18-4)17(10-11-17)15-8-6-5-7-9-15/h5-9,13-14,16,18H,10-12H2,1-4H3. The molecule has 2 rings (SSSR count). The molecule has 1 nitrogen and oxygen atoms in total. The van der Waals surface area contributed by atoms with E-state index in [-0.39, 0.29) is 0 Å². The summed E-state index contributed by atoms with van der Waals surface area (Å²) in [6, 6.07) is 11.7. The molecule has 18 heavy (non-hydrogen) atoms. The third-order valence-electron chi connectivity index (χ3n) is 4.46. The van der Waals surface area contributed by atoms with Crippen LogP contribution in [0.1, 0.15) is 45.6 Å². The van der Waals surface area contributed by atoms with E-state index < -0.39 is 0 Å². The first-order valence-corrected chi connectivity index (χ1v) is 7.33. The lowest BCUT2D eigenvalue weighted by atomic mass is 9.78. The predicted molar refractivity (Wildman–Crippen MR) is 78.8 cm³/mol. The Morgan fingerprint density at radius 3 is 2.17 bits per heavy atom. The predicted octanol–water partition coefficient (Wildman–Crippen LogP) is 3.99. The molecule has 1 aliphatic carbocycles. The molecule has 1 N–H and O–H groups in total. The fraction of sp³-hybridized carbons (Fsp3) is 0.647. The fourth-order valence-corrected chi connectivity index (χ4v) is 3.67. The maximum atomic E-state index is 3.61. The summed E-state index contributed by atoms with van der Waals surface area (Å²) in [5.41, 5.74) is 1.93. The van der Waals surface area contributed by atoms with E-state index in [4.69, 9.17) is 0 Å². The van der Waals surface area contributed by atoms with Crippen LogP contribution in [0.15, 0.2) is 30.3 Å². The summed E-state index contributed by atoms with van der Waals surface area (Å²) in [5, 5.41) is 3.61. The number of hydrogen-bond donors (Lipinski definition) is 1. The lowest BCUT2D eigenvalue weighted by Gasteiger charge is -2.33. The van der Waals surface area contributed by atoms with Crippen LogP contribution in [0.2, 0.25) is 0 Å². The average Bonchev–Trinajstić information content (AvgIpc) is 3.12. The fourth-order valence-electron chi connectivity index (χ4n) is 3.67. The molecule has 0 spiro atoms. The van der Waals surface area contributed by atoms with Gasteiger partial charge < -0.3 is 5.32 Å². The summed E-state index contributed by atoms with van der Waals surface area (Å²) in [6.07, 6.45) is 3.98. The first kappa shape index (κ1) is 13.6. The SMILES string of the molecule is CNC(C(C)CC(C)C)C1(c2ccccc2)CC1. The molecule has 0 radical (unpaired) electrons. The molecule has 0 amide bonds. The highest BCUT2D eigenvalue weighted by atomic mass is 14.9. The van der Waals surface area contributed by atoms with Crippen LogP contribution in [0.25, 0.3) is 0 Å². The van der Waals surface area contributed by atoms with Crippen molar-refractivity contribution < 1.29 is 0 Å². The third-order valence-corrected chi connectivity index (χ3v) is 4.46. The van der Waals surface area contributed by atoms with E-state index in [2.05, 4.69) is 63.5 Å². The van der Waals surface area contributed by atoms with Crippen molar-refractivity contribution in [3.8, 4) is 0 Å². The molecule has 2 unspecified atom stereocenters. The van der Waals surface area contributed by atoms with Gasteiger partial charge in [-0.1, -0.05) is 51.1 Å². The summed E-state index contributed by atoms with van der Waals surface area (Å²) in [4.78, 5) is 0. The Bertz CT molecular complexity index is 364. The van der Waals surface area contributed by atoms with Gasteiger partial charge in [-0.2, -0.15) is 0 Å². The number of benzene rings is 1. The summed E-state index contributed by atoms with van der Waals surface area (Å²) in [7, 11) is 2.13. The van der Waals surface area contributed by atoms with Gasteiger partial charge in [0.15, 0.2) is 0 Å². The molecule has 1 aromatic carbocycles. The molecule has 0 aromatic heterocycles. The van der Waals surface area contributed by atoms with Gasteiger partial charge in [-0.15, -0.1) is 0 Å². The zero-order valence-corrected chi connectivity index (χ0v) is 12.2. The van der Waals surface area contributed by atoms with Crippen LogP contribution in [0, 0.1) is 11.8 Å². The van der Waals surface area contributed by atoms with Crippen molar-refractivity contribution in [1.82, 2.24) is 5.32 Å². The summed E-state index contributed by atoms with van der Waals surface area (Å²) < 4.78 is 0. The van der Waals surface area contributed by atoms with Gasteiger partial charge in [0.05, 0.1) is 0 Å². The number of rotatable bonds is 6. The van der Waals surface area contributed by atoms with Crippen LogP contribution in [0.3, 0.4) is 0 Å². The van der Waals surface area contributed by atoms with Crippen LogP contribution in [0.4, 0.5) is 0 Å². The van der Waals surface area contributed by atoms with Gasteiger partial charge in [0.1, 0.15) is 0 Å². The van der Waals surface area contributed by atoms with E-state index in [9.17, 15) is 0 Å². The molecule has 0 heterocycles. The Kier molecular flexibility index (Phi) is 4.11. The minimum absolute atomic E-state index is 0.407. The maximum absolute atomic E-state index is 3.61. The number of nitrogens with one attached hydrogen (secondary N) is 1. The second-order valence-corrected chi connectivity index (χ2v) is 6.40. The normalized spacial score (nSPS) is 20.7. The molecule has 1 fully saturated rings. The van der Waals surface area contributed by atoms with E-state index in [1.165, 1.54) is 24.8 Å². The van der Waals surface area contributed by atoms with Crippen LogP contribution < -0.4 is 5.32 Å². The van der Waals surface area contributed by atoms with Crippen LogP contribution in [-0.4, -0.2) is 13.1 Å². The largest absolute Gasteiger partial charge is 0.316 e. The molecule has 1 saturated carbocycles. The number of likely N-dealkylation sites (N-methyl/N-ethyl adjacent to an activating group) is 1. The van der Waals surface area contributed by atoms with Crippen LogP contribution in [0.5, 0.6) is 0 Å². The molecule has 0 aliphatic heterocycles. The molecule has 1 aliphatic rings. The zero-order valence-electron chi connectivity index (χ0n) is 12.2. The quantitative estimate of drug-likeness (QED) is 0.799. The highest BCUT2D eigenvalue weighted by Crippen LogP contribution is 2.53. The minimum Gasteiger partial charge on any atom is -0.316 e. The molecule has 100 valence electrons. The van der Waals surface area contributed by atoms with Gasteiger partial charge in [0.2, 0.25) is 0 Å². The summed E-state index contributed by atoms with van der Waals surface area (Å²) in [6.45, 7) is 7.06. The van der Waals surface area contributed by atoms with E-state index in [0.29, 0.717) is 11.5 Å². The highest BCUT2D eigenvalue weighted by Gasteiger charge is 2.51. The molecule has 1 heteroatoms. The van der Waals surface area contributed by atoms with E-state index in [1.54, 1.807) is 0 Å². The van der Waals surface area contributed by atoms with Gasteiger partial charge in [-0.3, -0.25) is 0 Å². The van der Waals surface area contributed by atoms with Crippen molar-refractivity contribution in [2.24, 2.45) is 11.8 Å². The zero-order chi connectivity index (χ0) is 13.2. The summed E-state index contributed by atoms with van der Waals surface area (Å²) in [5.74, 6) is 1.51. The number of hydrogen-bond acceptors (Lipinski definition) is 1. The monoisotopic (exact) mass is 245 g/mol. The minimum atomic E-state index is 0.407. The van der Waals surface area contributed by atoms with Gasteiger partial charge in [-0.25, -0.2) is 0 Å². The first-order valence-electron chi connectivity index (χ1n) is 7.33. The smallest absolute Gasteiger partial charge is 0.0187 e. The van der Waals surface area contributed by atoms with E-state index in [0.717, 1.165) is 11.8 Å².